The van der Waals surface area contributed by atoms with Gasteiger partial charge in [-0.3, -0.25) is 4.79 Å². The third-order valence-corrected chi connectivity index (χ3v) is 9.70. The normalized spacial score (nSPS) is 25.0. The van der Waals surface area contributed by atoms with Crippen molar-refractivity contribution >= 4 is 50.5 Å². The zero-order valence-corrected chi connectivity index (χ0v) is 22.8. The summed E-state index contributed by atoms with van der Waals surface area (Å²) in [6, 6.07) is 6.06. The van der Waals surface area contributed by atoms with Crippen molar-refractivity contribution in [3.05, 3.63) is 74.3 Å². The first kappa shape index (κ1) is 26.5. The largest absolute Gasteiger partial charge is 0.345 e. The third-order valence-electron chi connectivity index (χ3n) is 6.64. The van der Waals surface area contributed by atoms with E-state index in [9.17, 15) is 13.2 Å². The number of carbonyl (C=O) groups excluding carboxylic acids is 1. The number of sulfone groups is 1. The van der Waals surface area contributed by atoms with Crippen LogP contribution in [0.1, 0.15) is 32.1 Å². The van der Waals surface area contributed by atoms with Gasteiger partial charge in [0.15, 0.2) is 9.84 Å². The van der Waals surface area contributed by atoms with E-state index in [-0.39, 0.29) is 22.8 Å². The van der Waals surface area contributed by atoms with E-state index >= 15 is 0 Å². The van der Waals surface area contributed by atoms with Crippen molar-refractivity contribution in [2.75, 3.05) is 20.6 Å². The molecule has 0 bridgehead atoms. The van der Waals surface area contributed by atoms with E-state index in [4.69, 9.17) is 34.8 Å². The fourth-order valence-electron chi connectivity index (χ4n) is 5.13. The maximum Gasteiger partial charge on any atom is 0.254 e. The van der Waals surface area contributed by atoms with E-state index in [0.29, 0.717) is 46.3 Å². The molecule has 3 aliphatic rings. The van der Waals surface area contributed by atoms with Gasteiger partial charge < -0.3 is 10.2 Å². The van der Waals surface area contributed by atoms with Crippen molar-refractivity contribution in [3.63, 3.8) is 0 Å². The lowest BCUT2D eigenvalue weighted by molar-refractivity contribution is -0.117. The number of hydrogen-bond donors (Lipinski definition) is 1. The van der Waals surface area contributed by atoms with Crippen molar-refractivity contribution in [2.24, 2.45) is 5.92 Å². The van der Waals surface area contributed by atoms with Crippen LogP contribution < -0.4 is 5.32 Å². The molecule has 1 aromatic rings. The molecule has 4 rings (SSSR count). The second-order valence-corrected chi connectivity index (χ2v) is 13.0. The molecule has 1 fully saturated rings. The molecule has 1 saturated carbocycles. The molecule has 0 radical (unpaired) electrons. The molecule has 1 aromatic carbocycles. The van der Waals surface area contributed by atoms with Crippen molar-refractivity contribution in [3.8, 4) is 0 Å². The molecule has 35 heavy (non-hydrogen) atoms. The number of nitrogens with zero attached hydrogens (tertiary/aromatic N) is 1. The van der Waals surface area contributed by atoms with E-state index in [0.717, 1.165) is 24.1 Å². The zero-order chi connectivity index (χ0) is 25.3. The predicted molar refractivity (Wildman–Crippen MR) is 142 cm³/mol. The maximum absolute atomic E-state index is 13.8. The molecule has 3 atom stereocenters. The van der Waals surface area contributed by atoms with E-state index < -0.39 is 15.1 Å². The second kappa shape index (κ2) is 10.8. The zero-order valence-electron chi connectivity index (χ0n) is 19.7. The van der Waals surface area contributed by atoms with Gasteiger partial charge in [0.25, 0.3) is 5.91 Å². The van der Waals surface area contributed by atoms with Gasteiger partial charge >= 0.3 is 0 Å². The average molecular weight is 556 g/mol. The van der Waals surface area contributed by atoms with Crippen LogP contribution in [-0.4, -0.2) is 51.2 Å². The Labute approximate surface area is 222 Å². The summed E-state index contributed by atoms with van der Waals surface area (Å²) in [5, 5.41) is 3.46. The number of allylic oxidation sites excluding steroid dienone is 3. The minimum atomic E-state index is -3.70. The number of hydrogen-bond acceptors (Lipinski definition) is 4. The van der Waals surface area contributed by atoms with Crippen molar-refractivity contribution in [1.29, 1.82) is 0 Å². The van der Waals surface area contributed by atoms with Crippen LogP contribution >= 0.6 is 34.8 Å². The number of carbonyl (C=O) groups is 1. The number of halogens is 3. The monoisotopic (exact) mass is 554 g/mol. The van der Waals surface area contributed by atoms with Gasteiger partial charge in [-0.05, 0) is 81.5 Å². The Balaban J connectivity index is 1.66. The molecule has 0 heterocycles. The molecule has 3 aliphatic carbocycles. The third kappa shape index (κ3) is 5.89. The highest BCUT2D eigenvalue weighted by Gasteiger charge is 2.40. The van der Waals surface area contributed by atoms with Gasteiger partial charge in [0.1, 0.15) is 0 Å². The Hall–Kier alpha value is -1.57. The first-order valence-electron chi connectivity index (χ1n) is 11.7. The Morgan fingerprint density at radius 1 is 1.17 bits per heavy atom. The summed E-state index contributed by atoms with van der Waals surface area (Å²) < 4.78 is 27.6. The molecule has 1 N–H and O–H groups in total. The first-order chi connectivity index (χ1) is 16.6. The lowest BCUT2D eigenvalue weighted by Gasteiger charge is -2.37. The van der Waals surface area contributed by atoms with Crippen LogP contribution in [0.5, 0.6) is 0 Å². The molecule has 5 nitrogen and oxygen atoms in total. The molecule has 188 valence electrons. The molecular formula is C26H29Cl3N2O3S. The van der Waals surface area contributed by atoms with Gasteiger partial charge in [-0.25, -0.2) is 8.42 Å². The summed E-state index contributed by atoms with van der Waals surface area (Å²) in [7, 11) is 0.296. The summed E-state index contributed by atoms with van der Waals surface area (Å²) in [6.07, 6.45) is 8.92. The molecule has 0 saturated heterocycles. The lowest BCUT2D eigenvalue weighted by Crippen LogP contribution is -2.40. The number of rotatable bonds is 6. The Bertz CT molecular complexity index is 1250. The highest BCUT2D eigenvalue weighted by molar-refractivity contribution is 7.92. The second-order valence-electron chi connectivity index (χ2n) is 9.60. The highest BCUT2D eigenvalue weighted by atomic mass is 35.5. The van der Waals surface area contributed by atoms with Gasteiger partial charge in [-0.2, -0.15) is 0 Å². The first-order valence-corrected chi connectivity index (χ1v) is 14.3. The Morgan fingerprint density at radius 3 is 2.63 bits per heavy atom. The van der Waals surface area contributed by atoms with Crippen LogP contribution in [0.3, 0.4) is 0 Å². The van der Waals surface area contributed by atoms with Crippen molar-refractivity contribution in [2.45, 2.75) is 48.3 Å². The van der Waals surface area contributed by atoms with E-state index in [2.05, 4.69) is 16.3 Å². The van der Waals surface area contributed by atoms with Gasteiger partial charge in [-0.15, -0.1) is 0 Å². The minimum Gasteiger partial charge on any atom is -0.345 e. The van der Waals surface area contributed by atoms with Gasteiger partial charge in [0, 0.05) is 16.6 Å². The predicted octanol–water partition coefficient (Wildman–Crippen LogP) is 5.60. The summed E-state index contributed by atoms with van der Waals surface area (Å²) in [4.78, 5) is 15.3. The minimum absolute atomic E-state index is 0.202. The molecular weight excluding hydrogens is 527 g/mol. The topological polar surface area (TPSA) is 66.5 Å². The summed E-state index contributed by atoms with van der Waals surface area (Å²) in [5.41, 5.74) is 2.10. The van der Waals surface area contributed by atoms with Crippen LogP contribution in [0, 0.1) is 5.92 Å². The van der Waals surface area contributed by atoms with E-state index in [1.54, 1.807) is 24.3 Å². The Morgan fingerprint density at radius 2 is 1.94 bits per heavy atom. The van der Waals surface area contributed by atoms with E-state index in [1.165, 1.54) is 6.07 Å². The fraction of sp³-hybridized carbons (Fsp3) is 0.423. The van der Waals surface area contributed by atoms with Crippen LogP contribution in [0.25, 0.3) is 0 Å². The van der Waals surface area contributed by atoms with Crippen molar-refractivity contribution < 1.29 is 13.2 Å². The van der Waals surface area contributed by atoms with Gasteiger partial charge in [-0.1, -0.05) is 59.1 Å². The van der Waals surface area contributed by atoms with Crippen molar-refractivity contribution in [1.82, 2.24) is 10.2 Å². The standard InChI is InChI=1S/C26H29Cl3N2O3S/c1-31(2)15-16-11-17-9-10-19(30-26(32)25-22(28)7-4-8-23(25)29)14-21(17)24(12-16)35(33,34)20-6-3-5-18(27)13-20/h3,5-7,9,13-14,16,19,24H,4,8,10-12,15H2,1-2H3,(H,30,32)/t16-,19?,24?/m1/s1. The van der Waals surface area contributed by atoms with Crippen LogP contribution in [0.15, 0.2) is 74.2 Å². The highest BCUT2D eigenvalue weighted by Crippen LogP contribution is 2.42. The number of fused-ring (bicyclic) bond motifs is 1. The maximum atomic E-state index is 13.8. The molecule has 0 spiro atoms. The van der Waals surface area contributed by atoms with Gasteiger partial charge in [0.2, 0.25) is 0 Å². The smallest absolute Gasteiger partial charge is 0.254 e. The lowest BCUT2D eigenvalue weighted by atomic mass is 9.78. The Kier molecular flexibility index (Phi) is 8.18. The van der Waals surface area contributed by atoms with Gasteiger partial charge in [0.05, 0.1) is 26.8 Å². The summed E-state index contributed by atoms with van der Waals surface area (Å²) in [6.45, 7) is 0.795. The van der Waals surface area contributed by atoms with Crippen LogP contribution in [0.2, 0.25) is 5.02 Å². The molecule has 0 aliphatic heterocycles. The summed E-state index contributed by atoms with van der Waals surface area (Å²) >= 11 is 18.7. The molecule has 0 aromatic heterocycles. The average Bonchev–Trinajstić information content (AvgIpc) is 2.78. The number of benzene rings is 1. The number of nitrogens with one attached hydrogen (secondary N) is 1. The SMILES string of the molecule is CN(C)C[C@@H]1CC2=CCC(NC(=O)C3=C(Cl)CCC=C3Cl)C=C2C(S(=O)(=O)c2cccc(Cl)c2)C1. The number of amides is 1. The summed E-state index contributed by atoms with van der Waals surface area (Å²) in [5.74, 6) is -0.140. The molecule has 2 unspecified atom stereocenters. The van der Waals surface area contributed by atoms with E-state index in [1.807, 2.05) is 20.2 Å². The van der Waals surface area contributed by atoms with Crippen LogP contribution in [0.4, 0.5) is 0 Å². The van der Waals surface area contributed by atoms with Crippen LogP contribution in [-0.2, 0) is 14.6 Å². The quantitative estimate of drug-likeness (QED) is 0.496. The fourth-order valence-corrected chi connectivity index (χ4v) is 8.02. The molecule has 1 amide bonds. The molecule has 9 heteroatoms.